The zero-order valence-corrected chi connectivity index (χ0v) is 13.6. The van der Waals surface area contributed by atoms with Gasteiger partial charge in [0.25, 0.3) is 0 Å². The third kappa shape index (κ3) is 3.41. The predicted molar refractivity (Wildman–Crippen MR) is 79.5 cm³/mol. The fraction of sp³-hybridized carbons (Fsp3) is 0.533. The minimum absolute atomic E-state index is 0.0709. The van der Waals surface area contributed by atoms with Gasteiger partial charge in [-0.25, -0.2) is 8.42 Å². The highest BCUT2D eigenvalue weighted by molar-refractivity contribution is 7.89. The van der Waals surface area contributed by atoms with Crippen LogP contribution in [0.25, 0.3) is 0 Å². The van der Waals surface area contributed by atoms with Crippen molar-refractivity contribution < 1.29 is 26.4 Å². The maximum absolute atomic E-state index is 12.6. The first-order chi connectivity index (χ1) is 11.2. The maximum atomic E-state index is 12.6. The van der Waals surface area contributed by atoms with E-state index in [9.17, 15) is 26.4 Å². The van der Waals surface area contributed by atoms with Gasteiger partial charge in [0.15, 0.2) is 0 Å². The first kappa shape index (κ1) is 17.2. The second-order valence-corrected chi connectivity index (χ2v) is 7.96. The molecule has 5 nitrogen and oxygen atoms in total. The molecule has 0 aromatic heterocycles. The summed E-state index contributed by atoms with van der Waals surface area (Å²) in [6.45, 7) is 0.939. The minimum atomic E-state index is -4.50. The lowest BCUT2D eigenvalue weighted by Crippen LogP contribution is -2.50. The zero-order valence-electron chi connectivity index (χ0n) is 12.8. The molecule has 3 rings (SSSR count). The van der Waals surface area contributed by atoms with Crippen molar-refractivity contribution in [3.8, 4) is 0 Å². The molecule has 1 aliphatic carbocycles. The molecule has 1 amide bonds. The van der Waals surface area contributed by atoms with Gasteiger partial charge in [0, 0.05) is 32.1 Å². The molecule has 2 aliphatic rings. The van der Waals surface area contributed by atoms with Crippen LogP contribution >= 0.6 is 0 Å². The number of halogens is 3. The predicted octanol–water partition coefficient (Wildman–Crippen LogP) is 1.95. The van der Waals surface area contributed by atoms with Gasteiger partial charge >= 0.3 is 6.18 Å². The largest absolute Gasteiger partial charge is 0.416 e. The van der Waals surface area contributed by atoms with Crippen LogP contribution in [0.1, 0.15) is 18.4 Å². The van der Waals surface area contributed by atoms with Crippen molar-refractivity contribution in [2.24, 2.45) is 5.92 Å². The topological polar surface area (TPSA) is 57.7 Å². The number of sulfonamides is 1. The molecule has 0 spiro atoms. The van der Waals surface area contributed by atoms with E-state index < -0.39 is 21.8 Å². The average molecular weight is 362 g/mol. The Labute approximate surface area is 138 Å². The Hall–Kier alpha value is -1.61. The van der Waals surface area contributed by atoms with E-state index >= 15 is 0 Å². The number of carbonyl (C=O) groups is 1. The third-order valence-corrected chi connectivity index (χ3v) is 6.21. The van der Waals surface area contributed by atoms with Gasteiger partial charge in [-0.1, -0.05) is 0 Å². The SMILES string of the molecule is O=C(C1CC1)N1CCN(S(=O)(=O)c2ccc(C(F)(F)F)cc2)CC1. The Kier molecular flexibility index (Phi) is 4.33. The lowest BCUT2D eigenvalue weighted by atomic mass is 10.2. The van der Waals surface area contributed by atoms with Gasteiger partial charge in [0.05, 0.1) is 10.5 Å². The van der Waals surface area contributed by atoms with E-state index in [0.717, 1.165) is 37.1 Å². The Morgan fingerprint density at radius 1 is 1.00 bits per heavy atom. The van der Waals surface area contributed by atoms with Crippen molar-refractivity contribution in [1.82, 2.24) is 9.21 Å². The molecule has 2 fully saturated rings. The number of hydrogen-bond acceptors (Lipinski definition) is 3. The second-order valence-electron chi connectivity index (χ2n) is 6.03. The smallest absolute Gasteiger partial charge is 0.340 e. The summed E-state index contributed by atoms with van der Waals surface area (Å²) in [6, 6.07) is 3.47. The first-order valence-electron chi connectivity index (χ1n) is 7.66. The molecule has 0 bridgehead atoms. The van der Waals surface area contributed by atoms with Gasteiger partial charge in [-0.05, 0) is 37.1 Å². The molecule has 0 unspecified atom stereocenters. The van der Waals surface area contributed by atoms with E-state index in [1.807, 2.05) is 0 Å². The molecule has 1 aromatic rings. The highest BCUT2D eigenvalue weighted by Crippen LogP contribution is 2.32. The highest BCUT2D eigenvalue weighted by atomic mass is 32.2. The Bertz CT molecular complexity index is 719. The van der Waals surface area contributed by atoms with Crippen LogP contribution in [0.3, 0.4) is 0 Å². The van der Waals surface area contributed by atoms with Gasteiger partial charge in [-0.3, -0.25) is 4.79 Å². The van der Waals surface area contributed by atoms with E-state index in [1.165, 1.54) is 4.31 Å². The Morgan fingerprint density at radius 3 is 2.00 bits per heavy atom. The van der Waals surface area contributed by atoms with Crippen LogP contribution in [0, 0.1) is 5.92 Å². The van der Waals surface area contributed by atoms with Crippen molar-refractivity contribution in [1.29, 1.82) is 0 Å². The molecule has 1 saturated heterocycles. The fourth-order valence-electron chi connectivity index (χ4n) is 2.70. The molecule has 0 atom stereocenters. The molecule has 24 heavy (non-hydrogen) atoms. The summed E-state index contributed by atoms with van der Waals surface area (Å²) in [6.07, 6.45) is -2.72. The van der Waals surface area contributed by atoms with Crippen molar-refractivity contribution in [3.05, 3.63) is 29.8 Å². The molecule has 9 heteroatoms. The van der Waals surface area contributed by atoms with Crippen LogP contribution in [-0.2, 0) is 21.0 Å². The quantitative estimate of drug-likeness (QED) is 0.826. The first-order valence-corrected chi connectivity index (χ1v) is 9.10. The van der Waals surface area contributed by atoms with Gasteiger partial charge in [-0.2, -0.15) is 17.5 Å². The summed E-state index contributed by atoms with van der Waals surface area (Å²) < 4.78 is 63.9. The van der Waals surface area contributed by atoms with Crippen molar-refractivity contribution in [2.75, 3.05) is 26.2 Å². The highest BCUT2D eigenvalue weighted by Gasteiger charge is 2.37. The summed E-state index contributed by atoms with van der Waals surface area (Å²) in [7, 11) is -3.85. The van der Waals surface area contributed by atoms with E-state index in [0.29, 0.717) is 13.1 Å². The van der Waals surface area contributed by atoms with Crippen LogP contribution in [0.5, 0.6) is 0 Å². The average Bonchev–Trinajstić information content (AvgIpc) is 3.38. The fourth-order valence-corrected chi connectivity index (χ4v) is 4.12. The number of hydrogen-bond donors (Lipinski definition) is 0. The molecular weight excluding hydrogens is 345 g/mol. The van der Waals surface area contributed by atoms with Gasteiger partial charge in [0.2, 0.25) is 15.9 Å². The van der Waals surface area contributed by atoms with Crippen molar-refractivity contribution in [2.45, 2.75) is 23.9 Å². The molecule has 1 aliphatic heterocycles. The zero-order chi connectivity index (χ0) is 17.5. The van der Waals surface area contributed by atoms with Crippen LogP contribution in [0.2, 0.25) is 0 Å². The van der Waals surface area contributed by atoms with Crippen molar-refractivity contribution >= 4 is 15.9 Å². The number of benzene rings is 1. The van der Waals surface area contributed by atoms with Crippen LogP contribution < -0.4 is 0 Å². The third-order valence-electron chi connectivity index (χ3n) is 4.30. The normalized spacial score (nSPS) is 20.2. The number of nitrogens with zero attached hydrogens (tertiary/aromatic N) is 2. The van der Waals surface area contributed by atoms with Crippen LogP contribution in [0.4, 0.5) is 13.2 Å². The van der Waals surface area contributed by atoms with Crippen LogP contribution in [-0.4, -0.2) is 49.7 Å². The molecule has 1 aromatic carbocycles. The van der Waals surface area contributed by atoms with Crippen molar-refractivity contribution in [3.63, 3.8) is 0 Å². The second kappa shape index (κ2) is 6.03. The van der Waals surface area contributed by atoms with E-state index in [2.05, 4.69) is 0 Å². The standard InChI is InChI=1S/C15H17F3N2O3S/c16-15(17,18)12-3-5-13(6-4-12)24(22,23)20-9-7-19(8-10-20)14(21)11-1-2-11/h3-6,11H,1-2,7-10H2. The van der Waals surface area contributed by atoms with Gasteiger partial charge in [0.1, 0.15) is 0 Å². The van der Waals surface area contributed by atoms with Crippen LogP contribution in [0.15, 0.2) is 29.2 Å². The van der Waals surface area contributed by atoms with Gasteiger partial charge in [-0.15, -0.1) is 0 Å². The van der Waals surface area contributed by atoms with E-state index in [1.54, 1.807) is 4.90 Å². The molecule has 132 valence electrons. The number of piperazine rings is 1. The number of alkyl halides is 3. The van der Waals surface area contributed by atoms with E-state index in [-0.39, 0.29) is 29.8 Å². The summed E-state index contributed by atoms with van der Waals surface area (Å²) >= 11 is 0. The summed E-state index contributed by atoms with van der Waals surface area (Å²) in [5.41, 5.74) is -0.888. The summed E-state index contributed by atoms with van der Waals surface area (Å²) in [4.78, 5) is 13.5. The number of carbonyl (C=O) groups excluding carboxylic acids is 1. The molecular formula is C15H17F3N2O3S. The molecule has 0 radical (unpaired) electrons. The van der Waals surface area contributed by atoms with E-state index in [4.69, 9.17) is 0 Å². The van der Waals surface area contributed by atoms with Gasteiger partial charge < -0.3 is 4.90 Å². The maximum Gasteiger partial charge on any atom is 0.416 e. The molecule has 1 heterocycles. The number of rotatable bonds is 3. The summed E-state index contributed by atoms with van der Waals surface area (Å²) in [5.74, 6) is 0.157. The minimum Gasteiger partial charge on any atom is -0.340 e. The number of amides is 1. The lowest BCUT2D eigenvalue weighted by molar-refractivity contribution is -0.137. The Morgan fingerprint density at radius 2 is 1.54 bits per heavy atom. The lowest BCUT2D eigenvalue weighted by Gasteiger charge is -2.34. The molecule has 0 N–H and O–H groups in total. The monoisotopic (exact) mass is 362 g/mol. The summed E-state index contributed by atoms with van der Waals surface area (Å²) in [5, 5.41) is 0. The Balaban J connectivity index is 1.68. The molecule has 1 saturated carbocycles.